The first-order valence-electron chi connectivity index (χ1n) is 8.48. The van der Waals surface area contributed by atoms with Crippen LogP contribution in [0.4, 0.5) is 0 Å². The van der Waals surface area contributed by atoms with E-state index < -0.39 is 0 Å². The highest BCUT2D eigenvalue weighted by Gasteiger charge is 2.35. The fourth-order valence-corrected chi connectivity index (χ4v) is 2.96. The van der Waals surface area contributed by atoms with E-state index in [-0.39, 0.29) is 30.2 Å². The highest BCUT2D eigenvalue weighted by atomic mass is 16.2. The Morgan fingerprint density at radius 3 is 2.80 bits per heavy atom. The molecule has 0 radical (unpaired) electrons. The maximum atomic E-state index is 12.9. The minimum atomic E-state index is -0.357. The summed E-state index contributed by atoms with van der Waals surface area (Å²) in [5.41, 5.74) is 1.45. The molecule has 1 amide bonds. The molecule has 0 saturated carbocycles. The average molecular weight is 338 g/mol. The third-order valence-corrected chi connectivity index (χ3v) is 4.11. The van der Waals surface area contributed by atoms with E-state index in [9.17, 15) is 9.59 Å². The molecule has 1 aliphatic rings. The van der Waals surface area contributed by atoms with Crippen LogP contribution in [-0.4, -0.2) is 38.9 Å². The van der Waals surface area contributed by atoms with Crippen LogP contribution in [0.3, 0.4) is 0 Å². The number of hydrogen-bond donors (Lipinski definition) is 0. The molecule has 0 bridgehead atoms. The number of carbonyl (C=O) groups is 2. The van der Waals surface area contributed by atoms with Crippen LogP contribution in [0.1, 0.15) is 30.8 Å². The standard InChI is InChI=1S/C19H22N4O2/c1-14(2)21-17-8-4-6-10-23(17)19(25)15-11-18(24)22(12-15)13-16-7-3-5-9-20-16/h3-10,14-15H,11-13H2,1-2H3. The van der Waals surface area contributed by atoms with Crippen LogP contribution in [-0.2, 0) is 11.3 Å². The Morgan fingerprint density at radius 2 is 2.08 bits per heavy atom. The van der Waals surface area contributed by atoms with Crippen LogP contribution in [0.5, 0.6) is 0 Å². The number of likely N-dealkylation sites (tertiary alicyclic amines) is 1. The lowest BCUT2D eigenvalue weighted by atomic mass is 10.1. The van der Waals surface area contributed by atoms with Gasteiger partial charge in [0.15, 0.2) is 0 Å². The lowest BCUT2D eigenvalue weighted by molar-refractivity contribution is -0.128. The fourth-order valence-electron chi connectivity index (χ4n) is 2.96. The van der Waals surface area contributed by atoms with Crippen LogP contribution in [0.25, 0.3) is 0 Å². The molecular formula is C19H22N4O2. The predicted octanol–water partition coefficient (Wildman–Crippen LogP) is 1.88. The Hall–Kier alpha value is -2.76. The van der Waals surface area contributed by atoms with Crippen molar-refractivity contribution >= 4 is 11.8 Å². The Balaban J connectivity index is 1.78. The number of nitrogens with zero attached hydrogens (tertiary/aromatic N) is 4. The van der Waals surface area contributed by atoms with Gasteiger partial charge in [0.2, 0.25) is 11.8 Å². The van der Waals surface area contributed by atoms with Gasteiger partial charge in [-0.05, 0) is 38.1 Å². The topological polar surface area (TPSA) is 67.6 Å². The van der Waals surface area contributed by atoms with E-state index in [2.05, 4.69) is 9.98 Å². The predicted molar refractivity (Wildman–Crippen MR) is 93.5 cm³/mol. The molecule has 1 atom stereocenters. The third kappa shape index (κ3) is 4.02. The van der Waals surface area contributed by atoms with Crippen molar-refractivity contribution in [3.8, 4) is 0 Å². The van der Waals surface area contributed by atoms with Gasteiger partial charge >= 0.3 is 0 Å². The van der Waals surface area contributed by atoms with Gasteiger partial charge in [-0.2, -0.15) is 0 Å². The number of carbonyl (C=O) groups excluding carboxylic acids is 2. The summed E-state index contributed by atoms with van der Waals surface area (Å²) < 4.78 is 1.56. The molecule has 6 heteroatoms. The normalized spacial score (nSPS) is 18.2. The van der Waals surface area contributed by atoms with Gasteiger partial charge in [-0.3, -0.25) is 24.1 Å². The average Bonchev–Trinajstić information content (AvgIpc) is 2.96. The molecule has 1 fully saturated rings. The van der Waals surface area contributed by atoms with Crippen LogP contribution in [0.2, 0.25) is 0 Å². The second-order valence-corrected chi connectivity index (χ2v) is 6.49. The summed E-state index contributed by atoms with van der Waals surface area (Å²) in [6, 6.07) is 11.2. The van der Waals surface area contributed by atoms with Gasteiger partial charge in [-0.15, -0.1) is 0 Å². The summed E-state index contributed by atoms with van der Waals surface area (Å²) in [7, 11) is 0. The number of pyridine rings is 2. The molecule has 3 rings (SSSR count). The lowest BCUT2D eigenvalue weighted by Gasteiger charge is -2.16. The van der Waals surface area contributed by atoms with E-state index in [1.165, 1.54) is 0 Å². The van der Waals surface area contributed by atoms with Gasteiger partial charge in [0, 0.05) is 31.4 Å². The minimum absolute atomic E-state index is 0.0112. The summed E-state index contributed by atoms with van der Waals surface area (Å²) in [5, 5.41) is 0. The molecule has 2 aromatic heterocycles. The molecule has 130 valence electrons. The summed E-state index contributed by atoms with van der Waals surface area (Å²) >= 11 is 0. The Bertz CT molecular complexity index is 827. The van der Waals surface area contributed by atoms with E-state index in [0.29, 0.717) is 18.6 Å². The molecule has 3 heterocycles. The lowest BCUT2D eigenvalue weighted by Crippen LogP contribution is -2.33. The van der Waals surface area contributed by atoms with Crippen molar-refractivity contribution in [1.82, 2.24) is 14.5 Å². The van der Waals surface area contributed by atoms with Crippen molar-refractivity contribution < 1.29 is 9.59 Å². The van der Waals surface area contributed by atoms with Gasteiger partial charge in [-0.25, -0.2) is 0 Å². The third-order valence-electron chi connectivity index (χ3n) is 4.11. The van der Waals surface area contributed by atoms with E-state index >= 15 is 0 Å². The Morgan fingerprint density at radius 1 is 1.28 bits per heavy atom. The van der Waals surface area contributed by atoms with Crippen molar-refractivity contribution in [1.29, 1.82) is 0 Å². The zero-order valence-corrected chi connectivity index (χ0v) is 14.5. The number of amides is 1. The summed E-state index contributed by atoms with van der Waals surface area (Å²) in [6.07, 6.45) is 3.65. The summed E-state index contributed by atoms with van der Waals surface area (Å²) in [4.78, 5) is 35.6. The van der Waals surface area contributed by atoms with Crippen molar-refractivity contribution in [3.63, 3.8) is 0 Å². The first-order valence-corrected chi connectivity index (χ1v) is 8.48. The molecule has 0 spiro atoms. The maximum Gasteiger partial charge on any atom is 0.237 e. The quantitative estimate of drug-likeness (QED) is 0.855. The van der Waals surface area contributed by atoms with Gasteiger partial charge in [0.25, 0.3) is 0 Å². The van der Waals surface area contributed by atoms with Crippen LogP contribution < -0.4 is 5.49 Å². The SMILES string of the molecule is CC(C)N=c1ccccn1C(=O)C1CC(=O)N(Cc2ccccn2)C1. The maximum absolute atomic E-state index is 12.9. The van der Waals surface area contributed by atoms with Crippen molar-refractivity contribution in [2.45, 2.75) is 32.9 Å². The van der Waals surface area contributed by atoms with E-state index in [4.69, 9.17) is 0 Å². The summed E-state index contributed by atoms with van der Waals surface area (Å²) in [5.74, 6) is -0.454. The number of hydrogen-bond acceptors (Lipinski definition) is 4. The highest BCUT2D eigenvalue weighted by Crippen LogP contribution is 2.21. The number of aromatic nitrogens is 2. The van der Waals surface area contributed by atoms with E-state index in [1.54, 1.807) is 27.9 Å². The van der Waals surface area contributed by atoms with Crippen LogP contribution in [0.15, 0.2) is 53.8 Å². The Kier molecular flexibility index (Phi) is 5.07. The highest BCUT2D eigenvalue weighted by molar-refractivity contribution is 5.90. The molecule has 1 aliphatic heterocycles. The summed E-state index contributed by atoms with van der Waals surface area (Å²) in [6.45, 7) is 4.79. The molecule has 1 unspecified atom stereocenters. The first kappa shape index (κ1) is 17.1. The monoisotopic (exact) mass is 338 g/mol. The molecule has 0 aromatic carbocycles. The molecule has 0 N–H and O–H groups in total. The van der Waals surface area contributed by atoms with E-state index in [0.717, 1.165) is 5.69 Å². The molecular weight excluding hydrogens is 316 g/mol. The van der Waals surface area contributed by atoms with Gasteiger partial charge in [0.1, 0.15) is 5.49 Å². The van der Waals surface area contributed by atoms with Crippen molar-refractivity contribution in [2.75, 3.05) is 6.54 Å². The fraction of sp³-hybridized carbons (Fsp3) is 0.368. The molecule has 2 aromatic rings. The first-order chi connectivity index (χ1) is 12.0. The van der Waals surface area contributed by atoms with Crippen molar-refractivity contribution in [3.05, 3.63) is 60.0 Å². The zero-order chi connectivity index (χ0) is 17.8. The van der Waals surface area contributed by atoms with Crippen molar-refractivity contribution in [2.24, 2.45) is 10.9 Å². The van der Waals surface area contributed by atoms with Crippen LogP contribution >= 0.6 is 0 Å². The van der Waals surface area contributed by atoms with Gasteiger partial charge in [-0.1, -0.05) is 12.1 Å². The Labute approximate surface area is 146 Å². The molecule has 25 heavy (non-hydrogen) atoms. The largest absolute Gasteiger partial charge is 0.336 e. The molecule has 1 saturated heterocycles. The van der Waals surface area contributed by atoms with Gasteiger partial charge < -0.3 is 4.90 Å². The number of rotatable bonds is 4. The minimum Gasteiger partial charge on any atom is -0.336 e. The second-order valence-electron chi connectivity index (χ2n) is 6.49. The van der Waals surface area contributed by atoms with Gasteiger partial charge in [0.05, 0.1) is 18.2 Å². The van der Waals surface area contributed by atoms with Crippen LogP contribution in [0, 0.1) is 5.92 Å². The van der Waals surface area contributed by atoms with E-state index in [1.807, 2.05) is 44.2 Å². The molecule has 0 aliphatic carbocycles. The second kappa shape index (κ2) is 7.42. The molecule has 6 nitrogen and oxygen atoms in total. The zero-order valence-electron chi connectivity index (χ0n) is 14.5. The smallest absolute Gasteiger partial charge is 0.237 e.